The Kier molecular flexibility index (Phi) is 6.45. The Balaban J connectivity index is 1.68. The summed E-state index contributed by atoms with van der Waals surface area (Å²) >= 11 is 0. The van der Waals surface area contributed by atoms with E-state index < -0.39 is 5.92 Å². The molecule has 0 spiro atoms. The summed E-state index contributed by atoms with van der Waals surface area (Å²) in [4.78, 5) is 10.0. The number of aromatic nitrogens is 2. The lowest BCUT2D eigenvalue weighted by atomic mass is 9.90. The molecule has 7 heteroatoms. The number of rotatable bonds is 7. The van der Waals surface area contributed by atoms with Gasteiger partial charge < -0.3 is 14.9 Å². The number of hydrogen-bond acceptors (Lipinski definition) is 4. The topological polar surface area (TPSA) is 48.3 Å². The van der Waals surface area contributed by atoms with Crippen molar-refractivity contribution in [2.24, 2.45) is 5.92 Å². The van der Waals surface area contributed by atoms with Gasteiger partial charge in [-0.05, 0) is 61.8 Å². The first-order chi connectivity index (χ1) is 15.3. The van der Waals surface area contributed by atoms with Gasteiger partial charge in [-0.3, -0.25) is 0 Å². The first kappa shape index (κ1) is 22.6. The summed E-state index contributed by atoms with van der Waals surface area (Å²) in [5, 5.41) is 3.36. The van der Waals surface area contributed by atoms with Crippen LogP contribution in [-0.2, 0) is 4.74 Å². The maximum Gasteiger partial charge on any atom is 0.248 e. The second-order valence-electron chi connectivity index (χ2n) is 9.40. The minimum absolute atomic E-state index is 0.120. The van der Waals surface area contributed by atoms with Crippen LogP contribution < -0.4 is 10.2 Å². The lowest BCUT2D eigenvalue weighted by molar-refractivity contribution is -0.0701. The highest BCUT2D eigenvalue weighted by Crippen LogP contribution is 2.40. The molecule has 0 aromatic rings. The van der Waals surface area contributed by atoms with E-state index >= 15 is 0 Å². The number of ether oxygens (including phenoxy) is 1. The van der Waals surface area contributed by atoms with E-state index in [1.54, 1.807) is 18.0 Å². The Morgan fingerprint density at radius 2 is 2.00 bits per heavy atom. The molecule has 0 amide bonds. The van der Waals surface area contributed by atoms with Crippen LogP contribution in [0.25, 0.3) is 17.0 Å². The monoisotopic (exact) mass is 445 g/mol. The van der Waals surface area contributed by atoms with Crippen molar-refractivity contribution >= 4 is 5.57 Å². The number of alkyl halides is 2. The van der Waals surface area contributed by atoms with Crippen molar-refractivity contribution in [3.63, 3.8) is 0 Å². The second-order valence-corrected chi connectivity index (χ2v) is 9.40. The van der Waals surface area contributed by atoms with Crippen LogP contribution in [0.4, 0.5) is 8.78 Å². The minimum atomic E-state index is -2.57. The SMILES string of the molecule is COn1c(C)cc(C2=C(OC3CCC(F)(F)CC3)NC=C(CCC(C)C)C2)c2ccnc1-2. The summed E-state index contributed by atoms with van der Waals surface area (Å²) in [6.07, 6.45) is 6.96. The quantitative estimate of drug-likeness (QED) is 0.574. The molecule has 174 valence electrons. The Morgan fingerprint density at radius 3 is 2.69 bits per heavy atom. The van der Waals surface area contributed by atoms with Crippen molar-refractivity contribution < 1.29 is 18.4 Å². The predicted molar refractivity (Wildman–Crippen MR) is 121 cm³/mol. The van der Waals surface area contributed by atoms with Crippen LogP contribution in [-0.4, -0.2) is 28.9 Å². The maximum absolute atomic E-state index is 13.6. The van der Waals surface area contributed by atoms with Gasteiger partial charge in [-0.25, -0.2) is 13.8 Å². The third-order valence-electron chi connectivity index (χ3n) is 6.42. The third-order valence-corrected chi connectivity index (χ3v) is 6.42. The van der Waals surface area contributed by atoms with Gasteiger partial charge in [-0.1, -0.05) is 13.8 Å². The molecule has 5 nitrogen and oxygen atoms in total. The number of halogens is 2. The largest absolute Gasteiger partial charge is 0.475 e. The van der Waals surface area contributed by atoms with E-state index in [4.69, 9.17) is 9.57 Å². The fourth-order valence-electron chi connectivity index (χ4n) is 4.56. The van der Waals surface area contributed by atoms with Crippen molar-refractivity contribution in [1.82, 2.24) is 15.0 Å². The number of aryl methyl sites for hydroxylation is 1. The lowest BCUT2D eigenvalue weighted by Gasteiger charge is -2.32. The predicted octanol–water partition coefficient (Wildman–Crippen LogP) is 5.93. The van der Waals surface area contributed by atoms with E-state index in [-0.39, 0.29) is 18.9 Å². The first-order valence-electron chi connectivity index (χ1n) is 11.5. The number of fused-ring (bicyclic) bond motifs is 1. The van der Waals surface area contributed by atoms with Gasteiger partial charge in [0, 0.05) is 42.8 Å². The molecule has 0 aromatic carbocycles. The number of nitrogens with zero attached hydrogens (tertiary/aromatic N) is 2. The number of pyridine rings is 1. The lowest BCUT2D eigenvalue weighted by Crippen LogP contribution is -2.31. The van der Waals surface area contributed by atoms with Gasteiger partial charge >= 0.3 is 0 Å². The molecule has 3 aliphatic heterocycles. The highest BCUT2D eigenvalue weighted by atomic mass is 19.3. The Labute approximate surface area is 188 Å². The molecule has 1 saturated carbocycles. The zero-order valence-corrected chi connectivity index (χ0v) is 19.4. The van der Waals surface area contributed by atoms with Gasteiger partial charge in [0.1, 0.15) is 13.2 Å². The Hall–Kier alpha value is -2.57. The van der Waals surface area contributed by atoms with E-state index in [1.807, 2.05) is 19.2 Å². The summed E-state index contributed by atoms with van der Waals surface area (Å²) < 4.78 is 35.3. The van der Waals surface area contributed by atoms with Crippen LogP contribution in [0.15, 0.2) is 36.0 Å². The number of allylic oxidation sites excluding steroid dienone is 2. The highest BCUT2D eigenvalue weighted by Gasteiger charge is 2.36. The van der Waals surface area contributed by atoms with Gasteiger partial charge in [-0.15, -0.1) is 0 Å². The van der Waals surface area contributed by atoms with Crippen molar-refractivity contribution in [2.45, 2.75) is 77.7 Å². The van der Waals surface area contributed by atoms with Crippen LogP contribution in [0.3, 0.4) is 0 Å². The summed E-state index contributed by atoms with van der Waals surface area (Å²) in [5.74, 6) is -0.524. The molecule has 0 unspecified atom stereocenters. The molecule has 3 heterocycles. The van der Waals surface area contributed by atoms with Gasteiger partial charge in [-0.2, -0.15) is 4.73 Å². The molecular formula is C25H33F2N3O2. The summed E-state index contributed by atoms with van der Waals surface area (Å²) in [6, 6.07) is 4.08. The number of dihydropyridines is 1. The van der Waals surface area contributed by atoms with Crippen molar-refractivity contribution in [3.8, 4) is 11.4 Å². The smallest absolute Gasteiger partial charge is 0.248 e. The summed E-state index contributed by atoms with van der Waals surface area (Å²) in [7, 11) is 1.63. The summed E-state index contributed by atoms with van der Waals surface area (Å²) in [5.41, 5.74) is 5.31. The van der Waals surface area contributed by atoms with E-state index in [0.29, 0.717) is 24.6 Å². The molecular weight excluding hydrogens is 412 g/mol. The van der Waals surface area contributed by atoms with Crippen LogP contribution >= 0.6 is 0 Å². The first-order valence-corrected chi connectivity index (χ1v) is 11.5. The normalized spacial score (nSPS) is 19.3. The molecule has 0 atom stereocenters. The zero-order chi connectivity index (χ0) is 22.9. The van der Waals surface area contributed by atoms with Crippen LogP contribution in [0.5, 0.6) is 0 Å². The van der Waals surface area contributed by atoms with E-state index in [1.165, 1.54) is 5.57 Å². The van der Waals surface area contributed by atoms with E-state index in [2.05, 4.69) is 30.2 Å². The van der Waals surface area contributed by atoms with Gasteiger partial charge in [0.05, 0.1) is 5.69 Å². The third kappa shape index (κ3) is 4.76. The van der Waals surface area contributed by atoms with E-state index in [9.17, 15) is 8.78 Å². The fourth-order valence-corrected chi connectivity index (χ4v) is 4.56. The molecule has 32 heavy (non-hydrogen) atoms. The average molecular weight is 446 g/mol. The molecule has 4 aliphatic rings. The average Bonchev–Trinajstić information content (AvgIpc) is 3.23. The second kappa shape index (κ2) is 9.12. The van der Waals surface area contributed by atoms with Gasteiger partial charge in [0.2, 0.25) is 5.92 Å². The van der Waals surface area contributed by atoms with Gasteiger partial charge in [0.25, 0.3) is 0 Å². The minimum Gasteiger partial charge on any atom is -0.475 e. The van der Waals surface area contributed by atoms with Crippen LogP contribution in [0.2, 0.25) is 0 Å². The van der Waals surface area contributed by atoms with Gasteiger partial charge in [0.15, 0.2) is 11.7 Å². The standard InChI is InChI=1S/C25H33F2N3O2/c1-16(2)5-6-18-14-22(21-13-17(3)30(31-4)23-20(21)9-12-28-23)24(29-15-18)32-19-7-10-25(26,27)11-8-19/h9,12-13,15-16,19,29H,5-8,10-11,14H2,1-4H3. The Morgan fingerprint density at radius 1 is 1.25 bits per heavy atom. The zero-order valence-electron chi connectivity index (χ0n) is 19.4. The van der Waals surface area contributed by atoms with Crippen LogP contribution in [0.1, 0.15) is 70.1 Å². The molecule has 1 fully saturated rings. The molecule has 0 bridgehead atoms. The number of nitrogens with one attached hydrogen (secondary N) is 1. The van der Waals surface area contributed by atoms with Crippen molar-refractivity contribution in [2.75, 3.05) is 7.11 Å². The molecule has 0 aromatic heterocycles. The maximum atomic E-state index is 13.6. The highest BCUT2D eigenvalue weighted by molar-refractivity contribution is 5.82. The number of hydrogen-bond donors (Lipinski definition) is 1. The molecule has 1 aliphatic carbocycles. The van der Waals surface area contributed by atoms with Crippen molar-refractivity contribution in [3.05, 3.63) is 47.2 Å². The molecule has 0 radical (unpaired) electrons. The van der Waals surface area contributed by atoms with E-state index in [0.717, 1.165) is 47.5 Å². The molecule has 0 saturated heterocycles. The fraction of sp³-hybridized carbons (Fsp3) is 0.560. The molecule has 1 N–H and O–H groups in total. The van der Waals surface area contributed by atoms with Crippen molar-refractivity contribution in [1.29, 1.82) is 0 Å². The van der Waals surface area contributed by atoms with Crippen LogP contribution in [0, 0.1) is 12.8 Å². The Bertz CT molecular complexity index is 983. The summed E-state index contributed by atoms with van der Waals surface area (Å²) in [6.45, 7) is 6.44. The molecule has 4 rings (SSSR count).